The number of nitriles is 1. The maximum atomic E-state index is 13.7. The Kier molecular flexibility index (Phi) is 6.37. The van der Waals surface area contributed by atoms with Crippen LogP contribution in [-0.2, 0) is 11.2 Å². The average molecular weight is 408 g/mol. The molecule has 0 radical (unpaired) electrons. The van der Waals surface area contributed by atoms with E-state index in [1.165, 1.54) is 31.4 Å². The van der Waals surface area contributed by atoms with Crippen LogP contribution in [0.1, 0.15) is 18.1 Å². The molecular weight excluding hydrogens is 393 g/mol. The molecule has 0 aliphatic carbocycles. The van der Waals surface area contributed by atoms with Gasteiger partial charge in [0.25, 0.3) is 0 Å². The van der Waals surface area contributed by atoms with Crippen LogP contribution in [0.15, 0.2) is 34.8 Å². The molecule has 0 fully saturated rings. The summed E-state index contributed by atoms with van der Waals surface area (Å²) >= 11 is 3.27. The van der Waals surface area contributed by atoms with Gasteiger partial charge >= 0.3 is 5.97 Å². The van der Waals surface area contributed by atoms with E-state index in [1.54, 1.807) is 13.0 Å². The lowest BCUT2D eigenvalue weighted by molar-refractivity contribution is -0.133. The highest BCUT2D eigenvalue weighted by Gasteiger charge is 2.17. The van der Waals surface area contributed by atoms with Gasteiger partial charge in [-0.3, -0.25) is 4.79 Å². The van der Waals surface area contributed by atoms with Crippen LogP contribution in [0.5, 0.6) is 17.2 Å². The van der Waals surface area contributed by atoms with E-state index >= 15 is 0 Å². The van der Waals surface area contributed by atoms with Crippen molar-refractivity contribution < 1.29 is 23.4 Å². The van der Waals surface area contributed by atoms with E-state index in [1.807, 2.05) is 6.07 Å². The van der Waals surface area contributed by atoms with Crippen LogP contribution in [0.3, 0.4) is 0 Å². The van der Waals surface area contributed by atoms with Gasteiger partial charge < -0.3 is 14.2 Å². The largest absolute Gasteiger partial charge is 0.494 e. The van der Waals surface area contributed by atoms with Crippen molar-refractivity contribution in [1.29, 1.82) is 5.26 Å². The highest BCUT2D eigenvalue weighted by molar-refractivity contribution is 9.10. The van der Waals surface area contributed by atoms with Gasteiger partial charge in [-0.25, -0.2) is 4.39 Å². The molecule has 0 bridgehead atoms. The van der Waals surface area contributed by atoms with E-state index in [0.29, 0.717) is 22.2 Å². The van der Waals surface area contributed by atoms with Crippen LogP contribution in [0.25, 0.3) is 0 Å². The van der Waals surface area contributed by atoms with E-state index in [2.05, 4.69) is 15.9 Å². The van der Waals surface area contributed by atoms with Crippen LogP contribution in [0.4, 0.5) is 4.39 Å². The Morgan fingerprint density at radius 2 is 2.04 bits per heavy atom. The summed E-state index contributed by atoms with van der Waals surface area (Å²) in [6.45, 7) is 2.12. The van der Waals surface area contributed by atoms with E-state index in [0.717, 1.165) is 0 Å². The Morgan fingerprint density at radius 1 is 1.28 bits per heavy atom. The lowest BCUT2D eigenvalue weighted by Crippen LogP contribution is -2.13. The topological polar surface area (TPSA) is 68.5 Å². The number of carbonyl (C=O) groups excluding carboxylic acids is 1. The maximum Gasteiger partial charge on any atom is 0.315 e. The lowest BCUT2D eigenvalue weighted by atomic mass is 10.1. The predicted octanol–water partition coefficient (Wildman–Crippen LogP) is 4.02. The van der Waals surface area contributed by atoms with Crippen molar-refractivity contribution in [2.45, 2.75) is 13.3 Å². The molecule has 2 rings (SSSR count). The van der Waals surface area contributed by atoms with Gasteiger partial charge in [0, 0.05) is 6.07 Å². The van der Waals surface area contributed by atoms with Gasteiger partial charge in [-0.1, -0.05) is 6.07 Å². The summed E-state index contributed by atoms with van der Waals surface area (Å²) in [6.07, 6.45) is -0.126. The SMILES string of the molecule is CCOc1cc(C#N)cc(Br)c1OC(=O)Cc1ccc(OC)c(F)c1. The van der Waals surface area contributed by atoms with E-state index in [4.69, 9.17) is 19.5 Å². The van der Waals surface area contributed by atoms with Crippen molar-refractivity contribution in [1.82, 2.24) is 0 Å². The fourth-order valence-electron chi connectivity index (χ4n) is 2.13. The first-order chi connectivity index (χ1) is 12.0. The van der Waals surface area contributed by atoms with Crippen LogP contribution in [-0.4, -0.2) is 19.7 Å². The van der Waals surface area contributed by atoms with Crippen molar-refractivity contribution in [3.05, 3.63) is 51.7 Å². The molecule has 0 aromatic heterocycles. The monoisotopic (exact) mass is 407 g/mol. The number of halogens is 2. The number of hydrogen-bond donors (Lipinski definition) is 0. The highest BCUT2D eigenvalue weighted by Crippen LogP contribution is 2.37. The van der Waals surface area contributed by atoms with Gasteiger partial charge in [0.15, 0.2) is 23.1 Å². The zero-order chi connectivity index (χ0) is 18.4. The van der Waals surface area contributed by atoms with Crippen molar-refractivity contribution in [3.8, 4) is 23.3 Å². The van der Waals surface area contributed by atoms with Gasteiger partial charge in [-0.2, -0.15) is 5.26 Å². The van der Waals surface area contributed by atoms with E-state index in [9.17, 15) is 9.18 Å². The number of benzene rings is 2. The quantitative estimate of drug-likeness (QED) is 0.534. The van der Waals surface area contributed by atoms with Crippen molar-refractivity contribution in [2.24, 2.45) is 0 Å². The summed E-state index contributed by atoms with van der Waals surface area (Å²) in [6, 6.07) is 9.27. The number of hydrogen-bond acceptors (Lipinski definition) is 5. The van der Waals surface area contributed by atoms with Gasteiger partial charge in [-0.05, 0) is 46.6 Å². The first-order valence-electron chi connectivity index (χ1n) is 7.38. The zero-order valence-electron chi connectivity index (χ0n) is 13.6. The van der Waals surface area contributed by atoms with Gasteiger partial charge in [0.05, 0.1) is 36.2 Å². The molecule has 0 amide bonds. The number of nitrogens with zero attached hydrogens (tertiary/aromatic N) is 1. The van der Waals surface area contributed by atoms with E-state index < -0.39 is 11.8 Å². The molecule has 5 nitrogen and oxygen atoms in total. The standard InChI is InChI=1S/C18H15BrFNO4/c1-3-24-16-8-12(10-21)6-13(19)18(16)25-17(22)9-11-4-5-15(23-2)14(20)7-11/h4-8H,3,9H2,1-2H3. The maximum absolute atomic E-state index is 13.7. The van der Waals surface area contributed by atoms with Crippen molar-refractivity contribution in [3.63, 3.8) is 0 Å². The fourth-order valence-corrected chi connectivity index (χ4v) is 2.65. The highest BCUT2D eigenvalue weighted by atomic mass is 79.9. The second-order valence-electron chi connectivity index (χ2n) is 4.95. The summed E-state index contributed by atoms with van der Waals surface area (Å²) in [5.41, 5.74) is 0.818. The Morgan fingerprint density at radius 3 is 2.64 bits per heavy atom. The third-order valence-electron chi connectivity index (χ3n) is 3.22. The molecule has 25 heavy (non-hydrogen) atoms. The van der Waals surface area contributed by atoms with Crippen LogP contribution in [0, 0.1) is 17.1 Å². The molecule has 2 aromatic carbocycles. The molecule has 2 aromatic rings. The summed E-state index contributed by atoms with van der Waals surface area (Å²) < 4.78 is 29.7. The Labute approximate surface area is 153 Å². The third-order valence-corrected chi connectivity index (χ3v) is 3.81. The Balaban J connectivity index is 2.20. The number of carbonyl (C=O) groups is 1. The molecule has 0 aliphatic heterocycles. The van der Waals surface area contributed by atoms with Crippen LogP contribution < -0.4 is 14.2 Å². The second kappa shape index (κ2) is 8.49. The molecule has 0 N–H and O–H groups in total. The van der Waals surface area contributed by atoms with Crippen molar-refractivity contribution >= 4 is 21.9 Å². The molecule has 7 heteroatoms. The fraction of sp³-hybridized carbons (Fsp3) is 0.222. The lowest BCUT2D eigenvalue weighted by Gasteiger charge is -2.13. The molecule has 0 atom stereocenters. The molecule has 130 valence electrons. The normalized spacial score (nSPS) is 10.0. The minimum atomic E-state index is -0.587. The van der Waals surface area contributed by atoms with Crippen molar-refractivity contribution in [2.75, 3.05) is 13.7 Å². The Bertz CT molecular complexity index is 833. The number of methoxy groups -OCH3 is 1. The van der Waals surface area contributed by atoms with E-state index in [-0.39, 0.29) is 23.7 Å². The van der Waals surface area contributed by atoms with Crippen LogP contribution in [0.2, 0.25) is 0 Å². The summed E-state index contributed by atoms with van der Waals surface area (Å²) in [5.74, 6) is -0.577. The van der Waals surface area contributed by atoms with Gasteiger partial charge in [-0.15, -0.1) is 0 Å². The minimum absolute atomic E-state index is 0.102. The number of ether oxygens (including phenoxy) is 3. The van der Waals surface area contributed by atoms with Gasteiger partial charge in [0.2, 0.25) is 0 Å². The summed E-state index contributed by atoms with van der Waals surface area (Å²) in [7, 11) is 1.37. The number of rotatable bonds is 6. The Hall–Kier alpha value is -2.59. The minimum Gasteiger partial charge on any atom is -0.494 e. The zero-order valence-corrected chi connectivity index (χ0v) is 15.2. The first-order valence-corrected chi connectivity index (χ1v) is 8.17. The van der Waals surface area contributed by atoms with Gasteiger partial charge in [0.1, 0.15) is 0 Å². The smallest absolute Gasteiger partial charge is 0.315 e. The number of esters is 1. The van der Waals surface area contributed by atoms with Crippen LogP contribution >= 0.6 is 15.9 Å². The molecular formula is C18H15BrFNO4. The summed E-state index contributed by atoms with van der Waals surface area (Å²) in [4.78, 5) is 12.2. The molecule has 0 unspecified atom stereocenters. The third kappa shape index (κ3) is 4.70. The predicted molar refractivity (Wildman–Crippen MR) is 92.3 cm³/mol. The summed E-state index contributed by atoms with van der Waals surface area (Å²) in [5, 5.41) is 9.01. The molecule has 0 saturated heterocycles. The first kappa shape index (κ1) is 18.7. The molecule has 0 aliphatic rings. The molecule has 0 heterocycles. The second-order valence-corrected chi connectivity index (χ2v) is 5.80. The molecule has 0 saturated carbocycles. The molecule has 0 spiro atoms. The average Bonchev–Trinajstić information content (AvgIpc) is 2.58.